The van der Waals surface area contributed by atoms with Crippen LogP contribution in [0.15, 0.2) is 0 Å². The summed E-state index contributed by atoms with van der Waals surface area (Å²) in [6.07, 6.45) is 3.53. The van der Waals surface area contributed by atoms with Gasteiger partial charge in [0.25, 0.3) is 0 Å². The lowest BCUT2D eigenvalue weighted by molar-refractivity contribution is -0.138. The molecule has 2 heterocycles. The van der Waals surface area contributed by atoms with Gasteiger partial charge in [0.05, 0.1) is 59.3 Å². The molecule has 3 unspecified atom stereocenters. The first kappa shape index (κ1) is 28.7. The monoisotopic (exact) mass is 503 g/mol. The first-order chi connectivity index (χ1) is 16.5. The van der Waals surface area contributed by atoms with E-state index in [-0.39, 0.29) is 49.9 Å². The van der Waals surface area contributed by atoms with Gasteiger partial charge in [0.2, 0.25) is 11.7 Å². The molecule has 0 radical (unpaired) electrons. The standard InChI is InChI=1S/C23H37NO9S/c25-19(3-1-2-4-21-17-15-22(27)24-18(17)16-34-21)20(26)5-7-30-9-11-32-13-14-33-12-10-31-8-6-23(28)29/h17-18,21H,1-16H2,(H,24,27)(H,28,29). The summed E-state index contributed by atoms with van der Waals surface area (Å²) in [5.41, 5.74) is 0. The summed E-state index contributed by atoms with van der Waals surface area (Å²) in [6, 6.07) is 0.313. The largest absolute Gasteiger partial charge is 0.481 e. The Labute approximate surface area is 204 Å². The number of thioether (sulfide) groups is 1. The van der Waals surface area contributed by atoms with Crippen molar-refractivity contribution in [2.75, 3.05) is 58.6 Å². The minimum absolute atomic E-state index is 0.0215. The number of unbranched alkanes of at least 4 members (excludes halogenated alkanes) is 1. The highest BCUT2D eigenvalue weighted by atomic mass is 32.2. The number of hydrogen-bond acceptors (Lipinski definition) is 9. The molecule has 2 aliphatic heterocycles. The van der Waals surface area contributed by atoms with Crippen LogP contribution in [0.2, 0.25) is 0 Å². The van der Waals surface area contributed by atoms with E-state index in [9.17, 15) is 19.2 Å². The zero-order valence-corrected chi connectivity index (χ0v) is 20.5. The first-order valence-electron chi connectivity index (χ1n) is 12.0. The maximum atomic E-state index is 12.0. The van der Waals surface area contributed by atoms with Crippen LogP contribution < -0.4 is 5.32 Å². The van der Waals surface area contributed by atoms with Gasteiger partial charge in [-0.15, -0.1) is 0 Å². The molecule has 2 fully saturated rings. The van der Waals surface area contributed by atoms with Gasteiger partial charge in [-0.2, -0.15) is 11.8 Å². The number of rotatable bonds is 21. The molecule has 194 valence electrons. The van der Waals surface area contributed by atoms with Gasteiger partial charge in [0, 0.05) is 42.2 Å². The lowest BCUT2D eigenvalue weighted by Crippen LogP contribution is -2.29. The summed E-state index contributed by atoms with van der Waals surface area (Å²) in [5, 5.41) is 12.0. The third-order valence-corrected chi connectivity index (χ3v) is 7.32. The van der Waals surface area contributed by atoms with E-state index in [1.54, 1.807) is 0 Å². The van der Waals surface area contributed by atoms with Crippen LogP contribution in [0.4, 0.5) is 0 Å². The summed E-state index contributed by atoms with van der Waals surface area (Å²) in [5.74, 6) is -0.0701. The predicted molar refractivity (Wildman–Crippen MR) is 125 cm³/mol. The van der Waals surface area contributed by atoms with Crippen molar-refractivity contribution in [2.24, 2.45) is 5.92 Å². The van der Waals surface area contributed by atoms with Crippen molar-refractivity contribution in [3.63, 3.8) is 0 Å². The van der Waals surface area contributed by atoms with Gasteiger partial charge in [-0.3, -0.25) is 19.2 Å². The van der Waals surface area contributed by atoms with Gasteiger partial charge in [-0.1, -0.05) is 6.42 Å². The van der Waals surface area contributed by atoms with E-state index >= 15 is 0 Å². The molecule has 0 spiro atoms. The van der Waals surface area contributed by atoms with E-state index in [4.69, 9.17) is 24.1 Å². The molecule has 2 rings (SSSR count). The zero-order valence-electron chi connectivity index (χ0n) is 19.7. The molecule has 0 saturated carbocycles. The Morgan fingerprint density at radius 2 is 1.38 bits per heavy atom. The molecule has 11 heteroatoms. The highest BCUT2D eigenvalue weighted by Gasteiger charge is 2.42. The number of hydrogen-bond donors (Lipinski definition) is 2. The summed E-state index contributed by atoms with van der Waals surface area (Å²) in [4.78, 5) is 45.8. The quantitative estimate of drug-likeness (QED) is 0.174. The highest BCUT2D eigenvalue weighted by molar-refractivity contribution is 8.00. The Hall–Kier alpha value is -1.53. The molecule has 0 bridgehead atoms. The molecule has 2 saturated heterocycles. The van der Waals surface area contributed by atoms with Gasteiger partial charge in [-0.05, 0) is 12.8 Å². The number of fused-ring (bicyclic) bond motifs is 1. The lowest BCUT2D eigenvalue weighted by atomic mass is 9.94. The van der Waals surface area contributed by atoms with Crippen LogP contribution in [0, 0.1) is 5.92 Å². The van der Waals surface area contributed by atoms with Crippen molar-refractivity contribution in [1.82, 2.24) is 5.32 Å². The van der Waals surface area contributed by atoms with Gasteiger partial charge in [0.1, 0.15) is 0 Å². The van der Waals surface area contributed by atoms with Gasteiger partial charge >= 0.3 is 5.97 Å². The molecule has 3 atom stereocenters. The van der Waals surface area contributed by atoms with Crippen molar-refractivity contribution in [1.29, 1.82) is 0 Å². The number of carboxylic acids is 1. The summed E-state index contributed by atoms with van der Waals surface area (Å²) in [7, 11) is 0. The average molecular weight is 504 g/mol. The molecule has 0 aliphatic carbocycles. The molecule has 10 nitrogen and oxygen atoms in total. The number of amides is 1. The maximum absolute atomic E-state index is 12.0. The number of Topliss-reactive ketones (excluding diaryl/α,β-unsaturated/α-hetero) is 2. The fourth-order valence-corrected chi connectivity index (χ4v) is 5.58. The average Bonchev–Trinajstić information content (AvgIpc) is 3.35. The third-order valence-electron chi connectivity index (χ3n) is 5.75. The number of carbonyl (C=O) groups excluding carboxylic acids is 3. The molecule has 2 aliphatic rings. The molecular weight excluding hydrogens is 466 g/mol. The van der Waals surface area contributed by atoms with Crippen LogP contribution in [0.5, 0.6) is 0 Å². The Morgan fingerprint density at radius 3 is 2.00 bits per heavy atom. The molecule has 2 N–H and O–H groups in total. The van der Waals surface area contributed by atoms with E-state index in [2.05, 4.69) is 5.32 Å². The Kier molecular flexibility index (Phi) is 14.3. The second-order valence-electron chi connectivity index (χ2n) is 8.35. The smallest absolute Gasteiger partial charge is 0.305 e. The molecule has 1 amide bonds. The van der Waals surface area contributed by atoms with Gasteiger partial charge in [0.15, 0.2) is 5.78 Å². The van der Waals surface area contributed by atoms with Crippen LogP contribution in [0.25, 0.3) is 0 Å². The van der Waals surface area contributed by atoms with Crippen molar-refractivity contribution < 1.29 is 43.2 Å². The Bertz CT molecular complexity index is 660. The number of aliphatic carboxylic acids is 1. The molecule has 0 aromatic carbocycles. The fraction of sp³-hybridized carbons (Fsp3) is 0.826. The third kappa shape index (κ3) is 11.7. The number of ketones is 2. The SMILES string of the molecule is O=C(O)CCOCCOCCOCCOCCC(=O)C(=O)CCCCC1SCC2NC(=O)CC21. The highest BCUT2D eigenvalue weighted by Crippen LogP contribution is 2.40. The second kappa shape index (κ2) is 17.0. The maximum Gasteiger partial charge on any atom is 0.305 e. The normalized spacial score (nSPS) is 21.4. The molecule has 34 heavy (non-hydrogen) atoms. The van der Waals surface area contributed by atoms with Crippen molar-refractivity contribution >= 4 is 35.2 Å². The van der Waals surface area contributed by atoms with E-state index in [0.29, 0.717) is 69.7 Å². The van der Waals surface area contributed by atoms with Crippen LogP contribution in [0.1, 0.15) is 44.9 Å². The minimum atomic E-state index is -0.891. The van der Waals surface area contributed by atoms with Crippen molar-refractivity contribution in [3.05, 3.63) is 0 Å². The minimum Gasteiger partial charge on any atom is -0.481 e. The number of ether oxygens (including phenoxy) is 4. The first-order valence-corrected chi connectivity index (χ1v) is 13.0. The van der Waals surface area contributed by atoms with Crippen molar-refractivity contribution in [3.8, 4) is 0 Å². The predicted octanol–water partition coefficient (Wildman–Crippen LogP) is 1.24. The summed E-state index contributed by atoms with van der Waals surface area (Å²) < 4.78 is 21.1. The Morgan fingerprint density at radius 1 is 0.824 bits per heavy atom. The molecule has 0 aromatic heterocycles. The second-order valence-corrected chi connectivity index (χ2v) is 9.62. The summed E-state index contributed by atoms with van der Waals surface area (Å²) >= 11 is 1.91. The molecule has 0 aromatic rings. The lowest BCUT2D eigenvalue weighted by Gasteiger charge is -2.15. The summed E-state index contributed by atoms with van der Waals surface area (Å²) in [6.45, 7) is 2.55. The van der Waals surface area contributed by atoms with E-state index in [1.165, 1.54) is 0 Å². The van der Waals surface area contributed by atoms with Gasteiger partial charge < -0.3 is 29.4 Å². The van der Waals surface area contributed by atoms with Crippen LogP contribution >= 0.6 is 11.8 Å². The Balaban J connectivity index is 1.34. The van der Waals surface area contributed by atoms with Crippen LogP contribution in [0.3, 0.4) is 0 Å². The topological polar surface area (TPSA) is 137 Å². The molecular formula is C23H37NO9S. The number of nitrogens with one attached hydrogen (secondary N) is 1. The van der Waals surface area contributed by atoms with Crippen LogP contribution in [-0.4, -0.2) is 98.4 Å². The number of carbonyl (C=O) groups is 4. The van der Waals surface area contributed by atoms with E-state index in [0.717, 1.165) is 18.6 Å². The zero-order chi connectivity index (χ0) is 24.6. The van der Waals surface area contributed by atoms with E-state index < -0.39 is 5.97 Å². The van der Waals surface area contributed by atoms with Gasteiger partial charge in [-0.25, -0.2) is 0 Å². The van der Waals surface area contributed by atoms with Crippen LogP contribution in [-0.2, 0) is 38.1 Å². The fourth-order valence-electron chi connectivity index (χ4n) is 3.93. The van der Waals surface area contributed by atoms with E-state index in [1.807, 2.05) is 11.8 Å². The van der Waals surface area contributed by atoms with Crippen molar-refractivity contribution in [2.45, 2.75) is 56.2 Å². The number of carboxylic acid groups (broad SMARTS) is 1.